The lowest BCUT2D eigenvalue weighted by atomic mass is 10.1. The number of ether oxygens (including phenoxy) is 2. The smallest absolute Gasteiger partial charge is 0.241 e. The molecule has 0 unspecified atom stereocenters. The van der Waals surface area contributed by atoms with Crippen LogP contribution in [0.25, 0.3) is 0 Å². The van der Waals surface area contributed by atoms with Crippen molar-refractivity contribution in [2.45, 2.75) is 31.2 Å². The summed E-state index contributed by atoms with van der Waals surface area (Å²) in [7, 11) is -1.07. The van der Waals surface area contributed by atoms with Crippen LogP contribution in [0.4, 0.5) is 0 Å². The molecule has 7 nitrogen and oxygen atoms in total. The number of nitrogens with one attached hydrogen (secondary N) is 2. The van der Waals surface area contributed by atoms with Gasteiger partial charge in [-0.05, 0) is 30.0 Å². The topological polar surface area (TPSA) is 93.7 Å². The lowest BCUT2D eigenvalue weighted by Gasteiger charge is -2.20. The summed E-state index contributed by atoms with van der Waals surface area (Å²) in [6, 6.07) is 12.6. The molecule has 0 spiro atoms. The maximum atomic E-state index is 13.0. The Morgan fingerprint density at radius 2 is 1.66 bits per heavy atom. The number of carbonyl (C=O) groups is 1. The summed E-state index contributed by atoms with van der Waals surface area (Å²) >= 11 is 0. The molecule has 2 N–H and O–H groups in total. The minimum absolute atomic E-state index is 0.00938. The summed E-state index contributed by atoms with van der Waals surface area (Å²) in [5.74, 6) is 0.589. The average Bonchev–Trinajstić information content (AvgIpc) is 2.71. The molecular weight excluding hydrogens is 392 g/mol. The van der Waals surface area contributed by atoms with E-state index in [1.165, 1.54) is 32.4 Å². The highest BCUT2D eigenvalue weighted by atomic mass is 32.2. The monoisotopic (exact) mass is 420 g/mol. The van der Waals surface area contributed by atoms with Crippen molar-refractivity contribution < 1.29 is 22.7 Å². The molecular formula is C21H28N2O5S. The van der Waals surface area contributed by atoms with Gasteiger partial charge < -0.3 is 14.8 Å². The zero-order valence-corrected chi connectivity index (χ0v) is 18.0. The molecule has 158 valence electrons. The lowest BCUT2D eigenvalue weighted by molar-refractivity contribution is -0.122. The van der Waals surface area contributed by atoms with E-state index in [-0.39, 0.29) is 23.1 Å². The molecule has 29 heavy (non-hydrogen) atoms. The van der Waals surface area contributed by atoms with Gasteiger partial charge in [0.25, 0.3) is 0 Å². The van der Waals surface area contributed by atoms with Crippen molar-refractivity contribution in [2.24, 2.45) is 5.92 Å². The first-order valence-corrected chi connectivity index (χ1v) is 10.8. The van der Waals surface area contributed by atoms with Crippen molar-refractivity contribution in [1.82, 2.24) is 10.0 Å². The van der Waals surface area contributed by atoms with E-state index in [0.29, 0.717) is 18.0 Å². The molecule has 0 aliphatic heterocycles. The van der Waals surface area contributed by atoms with Gasteiger partial charge in [-0.15, -0.1) is 0 Å². The van der Waals surface area contributed by atoms with Crippen molar-refractivity contribution in [3.8, 4) is 11.5 Å². The predicted octanol–water partition coefficient (Wildman–Crippen LogP) is 2.37. The Labute approximate surface area is 172 Å². The van der Waals surface area contributed by atoms with Gasteiger partial charge in [-0.25, -0.2) is 8.42 Å². The normalized spacial score (nSPS) is 12.4. The second-order valence-electron chi connectivity index (χ2n) is 7.02. The van der Waals surface area contributed by atoms with Gasteiger partial charge >= 0.3 is 0 Å². The van der Waals surface area contributed by atoms with E-state index < -0.39 is 16.1 Å². The fraction of sp³-hybridized carbons (Fsp3) is 0.381. The van der Waals surface area contributed by atoms with E-state index in [4.69, 9.17) is 9.47 Å². The third-order valence-corrected chi connectivity index (χ3v) is 5.72. The molecule has 0 fully saturated rings. The minimum Gasteiger partial charge on any atom is -0.493 e. The maximum Gasteiger partial charge on any atom is 0.241 e. The standard InChI is InChI=1S/C21H28N2O5S/c1-15(2)14-22-21(24)18(12-16-8-6-5-7-9-16)23-29(25,26)17-10-11-19(27-3)20(13-17)28-4/h5-11,13,15,18,23H,12,14H2,1-4H3,(H,22,24)/t18-/m1/s1. The molecule has 0 heterocycles. The van der Waals surface area contributed by atoms with Crippen molar-refractivity contribution in [2.75, 3.05) is 20.8 Å². The zero-order valence-electron chi connectivity index (χ0n) is 17.1. The van der Waals surface area contributed by atoms with Crippen molar-refractivity contribution in [3.63, 3.8) is 0 Å². The van der Waals surface area contributed by atoms with Gasteiger partial charge in [0.1, 0.15) is 6.04 Å². The van der Waals surface area contributed by atoms with Gasteiger partial charge in [-0.3, -0.25) is 4.79 Å². The highest BCUT2D eigenvalue weighted by molar-refractivity contribution is 7.89. The van der Waals surface area contributed by atoms with Crippen molar-refractivity contribution in [1.29, 1.82) is 0 Å². The van der Waals surface area contributed by atoms with Crippen LogP contribution >= 0.6 is 0 Å². The number of hydrogen-bond donors (Lipinski definition) is 2. The summed E-state index contributed by atoms with van der Waals surface area (Å²) in [5.41, 5.74) is 0.854. The third kappa shape index (κ3) is 6.47. The molecule has 1 atom stereocenters. The molecule has 0 bridgehead atoms. The number of amides is 1. The summed E-state index contributed by atoms with van der Waals surface area (Å²) < 4.78 is 38.8. The molecule has 1 amide bonds. The Hall–Kier alpha value is -2.58. The highest BCUT2D eigenvalue weighted by Crippen LogP contribution is 2.29. The molecule has 8 heteroatoms. The van der Waals surface area contributed by atoms with Gasteiger partial charge in [0, 0.05) is 12.6 Å². The molecule has 0 radical (unpaired) electrons. The van der Waals surface area contributed by atoms with Crippen molar-refractivity contribution >= 4 is 15.9 Å². The summed E-state index contributed by atoms with van der Waals surface area (Å²) in [4.78, 5) is 12.7. The summed E-state index contributed by atoms with van der Waals surface area (Å²) in [5, 5.41) is 2.81. The quantitative estimate of drug-likeness (QED) is 0.615. The van der Waals surface area contributed by atoms with Crippen LogP contribution < -0.4 is 19.5 Å². The van der Waals surface area contributed by atoms with Gasteiger partial charge in [-0.2, -0.15) is 4.72 Å². The van der Waals surface area contributed by atoms with Crippen LogP contribution in [0.2, 0.25) is 0 Å². The van der Waals surface area contributed by atoms with Crippen LogP contribution in [0.3, 0.4) is 0 Å². The molecule has 0 aliphatic rings. The minimum atomic E-state index is -3.97. The Balaban J connectivity index is 2.29. The number of hydrogen-bond acceptors (Lipinski definition) is 5. The first-order valence-electron chi connectivity index (χ1n) is 9.32. The summed E-state index contributed by atoms with van der Waals surface area (Å²) in [6.45, 7) is 4.41. The Morgan fingerprint density at radius 1 is 1.00 bits per heavy atom. The largest absolute Gasteiger partial charge is 0.493 e. The number of methoxy groups -OCH3 is 2. The van der Waals surface area contributed by atoms with Crippen LogP contribution in [-0.2, 0) is 21.2 Å². The molecule has 2 aromatic carbocycles. The lowest BCUT2D eigenvalue weighted by Crippen LogP contribution is -2.48. The van der Waals surface area contributed by atoms with Crippen LogP contribution in [-0.4, -0.2) is 41.1 Å². The predicted molar refractivity (Wildman–Crippen MR) is 112 cm³/mol. The number of benzene rings is 2. The van der Waals surface area contributed by atoms with E-state index in [2.05, 4.69) is 10.0 Å². The molecule has 2 rings (SSSR count). The fourth-order valence-electron chi connectivity index (χ4n) is 2.70. The first-order chi connectivity index (χ1) is 13.8. The van der Waals surface area contributed by atoms with Crippen LogP contribution in [0.15, 0.2) is 53.4 Å². The number of sulfonamides is 1. The van der Waals surface area contributed by atoms with Crippen molar-refractivity contribution in [3.05, 3.63) is 54.1 Å². The van der Waals surface area contributed by atoms with E-state index >= 15 is 0 Å². The first kappa shape index (κ1) is 22.7. The Bertz CT molecular complexity index is 914. The van der Waals surface area contributed by atoms with E-state index in [9.17, 15) is 13.2 Å². The molecule has 0 aromatic heterocycles. The van der Waals surface area contributed by atoms with Gasteiger partial charge in [0.2, 0.25) is 15.9 Å². The number of carbonyl (C=O) groups excluding carboxylic acids is 1. The third-order valence-electron chi connectivity index (χ3n) is 4.25. The van der Waals surface area contributed by atoms with Gasteiger partial charge in [0.05, 0.1) is 19.1 Å². The van der Waals surface area contributed by atoms with Crippen LogP contribution in [0.1, 0.15) is 19.4 Å². The molecule has 2 aromatic rings. The zero-order chi connectivity index (χ0) is 21.4. The molecule has 0 aliphatic carbocycles. The van der Waals surface area contributed by atoms with Gasteiger partial charge in [-0.1, -0.05) is 44.2 Å². The Kier molecular flexibility index (Phi) is 8.04. The highest BCUT2D eigenvalue weighted by Gasteiger charge is 2.27. The number of rotatable bonds is 10. The second-order valence-corrected chi connectivity index (χ2v) is 8.73. The SMILES string of the molecule is COc1ccc(S(=O)(=O)N[C@H](Cc2ccccc2)C(=O)NCC(C)C)cc1OC. The van der Waals surface area contributed by atoms with Crippen LogP contribution in [0.5, 0.6) is 11.5 Å². The fourth-order valence-corrected chi connectivity index (χ4v) is 3.92. The summed E-state index contributed by atoms with van der Waals surface area (Å²) in [6.07, 6.45) is 0.233. The molecule has 0 saturated carbocycles. The van der Waals surface area contributed by atoms with E-state index in [1.54, 1.807) is 0 Å². The van der Waals surface area contributed by atoms with E-state index in [1.807, 2.05) is 44.2 Å². The van der Waals surface area contributed by atoms with Gasteiger partial charge in [0.15, 0.2) is 11.5 Å². The average molecular weight is 421 g/mol. The van der Waals surface area contributed by atoms with E-state index in [0.717, 1.165) is 5.56 Å². The van der Waals surface area contributed by atoms with Crippen LogP contribution in [0, 0.1) is 5.92 Å². The Morgan fingerprint density at radius 3 is 2.24 bits per heavy atom. The second kappa shape index (κ2) is 10.3. The maximum absolute atomic E-state index is 13.0. The molecule has 0 saturated heterocycles.